The van der Waals surface area contributed by atoms with E-state index >= 15 is 0 Å². The van der Waals surface area contributed by atoms with Gasteiger partial charge in [0.2, 0.25) is 5.28 Å². The fraction of sp³-hybridized carbons (Fsp3) is 0.136. The number of carbonyl (C=O) groups excluding carboxylic acids is 1. The first-order valence-corrected chi connectivity index (χ1v) is 9.65. The zero-order valence-corrected chi connectivity index (χ0v) is 16.7. The molecule has 29 heavy (non-hydrogen) atoms. The van der Waals surface area contributed by atoms with Gasteiger partial charge in [0, 0.05) is 12.1 Å². The van der Waals surface area contributed by atoms with Crippen LogP contribution in [-0.4, -0.2) is 29.2 Å². The van der Waals surface area contributed by atoms with Gasteiger partial charge in [0.1, 0.15) is 11.8 Å². The molecule has 5 nitrogen and oxygen atoms in total. The van der Waals surface area contributed by atoms with E-state index in [9.17, 15) is 4.79 Å². The molecule has 0 unspecified atom stereocenters. The third-order valence-electron chi connectivity index (χ3n) is 4.60. The molecule has 144 valence electrons. The summed E-state index contributed by atoms with van der Waals surface area (Å²) in [6, 6.07) is 16.4. The number of halogens is 2. The summed E-state index contributed by atoms with van der Waals surface area (Å²) in [7, 11) is 0. The van der Waals surface area contributed by atoms with Gasteiger partial charge in [0.15, 0.2) is 0 Å². The lowest BCUT2D eigenvalue weighted by molar-refractivity contribution is 0.144. The molecule has 1 amide bonds. The minimum absolute atomic E-state index is 0.0178. The number of alkyl carbamates (subject to hydrolysis) is 1. The highest BCUT2D eigenvalue weighted by Gasteiger charge is 2.28. The van der Waals surface area contributed by atoms with E-state index in [2.05, 4.69) is 51.4 Å². The van der Waals surface area contributed by atoms with E-state index in [-0.39, 0.29) is 29.5 Å². The Hall–Kier alpha value is -3.07. The predicted molar refractivity (Wildman–Crippen MR) is 112 cm³/mol. The number of nitrogens with one attached hydrogen (secondary N) is 1. The molecule has 7 heteroatoms. The molecule has 0 atom stereocenters. The van der Waals surface area contributed by atoms with Gasteiger partial charge in [-0.05, 0) is 33.9 Å². The summed E-state index contributed by atoms with van der Waals surface area (Å²) in [5, 5.41) is 2.83. The zero-order valence-electron chi connectivity index (χ0n) is 15.2. The summed E-state index contributed by atoms with van der Waals surface area (Å²) in [5.41, 5.74) is 5.14. The van der Waals surface area contributed by atoms with Crippen LogP contribution in [-0.2, 0) is 4.74 Å². The third kappa shape index (κ3) is 4.19. The Balaban J connectivity index is 1.35. The molecule has 0 aliphatic heterocycles. The number of nitrogens with zero attached hydrogens (tertiary/aromatic N) is 2. The van der Waals surface area contributed by atoms with Crippen molar-refractivity contribution in [2.75, 3.05) is 13.2 Å². The zero-order chi connectivity index (χ0) is 20.2. The number of aromatic nitrogens is 2. The molecular formula is C22H15Cl2N3O2. The van der Waals surface area contributed by atoms with Crippen LogP contribution in [0.5, 0.6) is 0 Å². The maximum absolute atomic E-state index is 12.1. The van der Waals surface area contributed by atoms with E-state index in [0.29, 0.717) is 5.56 Å². The van der Waals surface area contributed by atoms with Crippen molar-refractivity contribution in [3.05, 3.63) is 81.9 Å². The first-order chi connectivity index (χ1) is 14.1. The molecule has 0 fully saturated rings. The maximum Gasteiger partial charge on any atom is 0.407 e. The number of benzene rings is 2. The van der Waals surface area contributed by atoms with E-state index < -0.39 is 6.09 Å². The Bertz CT molecular complexity index is 1090. The summed E-state index contributed by atoms with van der Waals surface area (Å²) in [6.45, 7) is 0.361. The van der Waals surface area contributed by atoms with E-state index in [4.69, 9.17) is 27.9 Å². The number of hydrogen-bond acceptors (Lipinski definition) is 4. The number of fused-ring (bicyclic) bond motifs is 3. The van der Waals surface area contributed by atoms with Crippen molar-refractivity contribution in [1.29, 1.82) is 0 Å². The fourth-order valence-corrected chi connectivity index (χ4v) is 3.68. The molecule has 0 saturated heterocycles. The van der Waals surface area contributed by atoms with Gasteiger partial charge in [0.25, 0.3) is 0 Å². The second-order valence-electron chi connectivity index (χ2n) is 6.32. The van der Waals surface area contributed by atoms with Gasteiger partial charge in [-0.1, -0.05) is 72.0 Å². The molecule has 0 bridgehead atoms. The van der Waals surface area contributed by atoms with Crippen LogP contribution in [0.1, 0.15) is 22.6 Å². The normalized spacial score (nSPS) is 11.8. The summed E-state index contributed by atoms with van der Waals surface area (Å²) >= 11 is 11.6. The average molecular weight is 424 g/mol. The van der Waals surface area contributed by atoms with Crippen LogP contribution in [0.3, 0.4) is 0 Å². The maximum atomic E-state index is 12.1. The molecule has 4 rings (SSSR count). The van der Waals surface area contributed by atoms with Crippen molar-refractivity contribution in [3.63, 3.8) is 0 Å². The molecule has 1 aliphatic rings. The van der Waals surface area contributed by atoms with Crippen molar-refractivity contribution in [1.82, 2.24) is 15.3 Å². The SMILES string of the molecule is O=C(NCC#Cc1cnc(Cl)nc1Cl)OCC1c2ccccc2-c2ccccc21. The Morgan fingerprint density at radius 3 is 2.38 bits per heavy atom. The highest BCUT2D eigenvalue weighted by molar-refractivity contribution is 6.32. The first-order valence-electron chi connectivity index (χ1n) is 8.89. The molecular weight excluding hydrogens is 409 g/mol. The van der Waals surface area contributed by atoms with Gasteiger partial charge < -0.3 is 10.1 Å². The van der Waals surface area contributed by atoms with Gasteiger partial charge in [0.05, 0.1) is 12.1 Å². The molecule has 0 radical (unpaired) electrons. The monoisotopic (exact) mass is 423 g/mol. The average Bonchev–Trinajstić information content (AvgIpc) is 3.05. The lowest BCUT2D eigenvalue weighted by Crippen LogP contribution is -2.26. The summed E-state index contributed by atoms with van der Waals surface area (Å²) in [4.78, 5) is 19.7. The van der Waals surface area contributed by atoms with Gasteiger partial charge in [-0.2, -0.15) is 0 Å². The van der Waals surface area contributed by atoms with Crippen molar-refractivity contribution < 1.29 is 9.53 Å². The van der Waals surface area contributed by atoms with Crippen molar-refractivity contribution in [2.24, 2.45) is 0 Å². The standard InChI is InChI=1S/C22H15Cl2N3O2/c23-20-14(12-26-21(24)27-20)6-5-11-25-22(28)29-13-19-17-9-3-1-7-15(17)16-8-2-4-10-18(16)19/h1-4,7-10,12,19H,11,13H2,(H,25,28). The molecule has 1 N–H and O–H groups in total. The number of rotatable bonds is 3. The van der Waals surface area contributed by atoms with E-state index in [1.54, 1.807) is 0 Å². The fourth-order valence-electron chi connectivity index (χ4n) is 3.33. The van der Waals surface area contributed by atoms with E-state index in [1.165, 1.54) is 28.5 Å². The van der Waals surface area contributed by atoms with Crippen LogP contribution in [0.15, 0.2) is 54.7 Å². The molecule has 0 spiro atoms. The molecule has 1 aliphatic carbocycles. The van der Waals surface area contributed by atoms with Crippen LogP contribution >= 0.6 is 23.2 Å². The minimum Gasteiger partial charge on any atom is -0.449 e. The molecule has 3 aromatic rings. The Kier molecular flexibility index (Phi) is 5.66. The van der Waals surface area contributed by atoms with Crippen molar-refractivity contribution in [3.8, 4) is 23.0 Å². The van der Waals surface area contributed by atoms with Crippen molar-refractivity contribution in [2.45, 2.75) is 5.92 Å². The summed E-state index contributed by atoms with van der Waals surface area (Å²) in [6.07, 6.45) is 0.900. The van der Waals surface area contributed by atoms with Gasteiger partial charge >= 0.3 is 6.09 Å². The van der Waals surface area contributed by atoms with Crippen LogP contribution in [0.25, 0.3) is 11.1 Å². The first kappa shape index (κ1) is 19.3. The molecule has 1 aromatic heterocycles. The van der Waals surface area contributed by atoms with Gasteiger partial charge in [-0.3, -0.25) is 0 Å². The third-order valence-corrected chi connectivity index (χ3v) is 5.07. The number of hydrogen-bond donors (Lipinski definition) is 1. The lowest BCUT2D eigenvalue weighted by Gasteiger charge is -2.14. The molecule has 1 heterocycles. The molecule has 2 aromatic carbocycles. The van der Waals surface area contributed by atoms with Crippen LogP contribution in [0.4, 0.5) is 4.79 Å². The summed E-state index contributed by atoms with van der Waals surface area (Å²) < 4.78 is 5.45. The van der Waals surface area contributed by atoms with Gasteiger partial charge in [-0.25, -0.2) is 14.8 Å². The van der Waals surface area contributed by atoms with E-state index in [0.717, 1.165) is 0 Å². The Morgan fingerprint density at radius 2 is 1.72 bits per heavy atom. The smallest absolute Gasteiger partial charge is 0.407 e. The number of ether oxygens (including phenoxy) is 1. The van der Waals surface area contributed by atoms with Gasteiger partial charge in [-0.15, -0.1) is 0 Å². The van der Waals surface area contributed by atoms with Crippen molar-refractivity contribution >= 4 is 29.3 Å². The van der Waals surface area contributed by atoms with Crippen LogP contribution < -0.4 is 5.32 Å². The van der Waals surface area contributed by atoms with Crippen LogP contribution in [0, 0.1) is 11.8 Å². The highest BCUT2D eigenvalue weighted by atomic mass is 35.5. The largest absolute Gasteiger partial charge is 0.449 e. The molecule has 0 saturated carbocycles. The lowest BCUT2D eigenvalue weighted by atomic mass is 9.98. The quantitative estimate of drug-likeness (QED) is 0.377. The topological polar surface area (TPSA) is 64.1 Å². The predicted octanol–water partition coefficient (Wildman–Crippen LogP) is 4.67. The van der Waals surface area contributed by atoms with Crippen LogP contribution in [0.2, 0.25) is 10.4 Å². The highest BCUT2D eigenvalue weighted by Crippen LogP contribution is 2.44. The Labute approximate surface area is 178 Å². The number of carbonyl (C=O) groups is 1. The number of amides is 1. The minimum atomic E-state index is -0.528. The Morgan fingerprint density at radius 1 is 1.07 bits per heavy atom. The second-order valence-corrected chi connectivity index (χ2v) is 7.02. The van der Waals surface area contributed by atoms with E-state index in [1.807, 2.05) is 24.3 Å². The second kappa shape index (κ2) is 8.52. The summed E-state index contributed by atoms with van der Waals surface area (Å²) in [5.74, 6) is 5.58.